The fraction of sp³-hybridized carbons (Fsp3) is 0.455. The number of nitrogens with one attached hydrogen (secondary N) is 2. The maximum absolute atomic E-state index is 15.3. The second kappa shape index (κ2) is 10.4. The van der Waals surface area contributed by atoms with Gasteiger partial charge in [0.2, 0.25) is 5.91 Å². The van der Waals surface area contributed by atoms with Crippen molar-refractivity contribution in [3.8, 4) is 0 Å². The van der Waals surface area contributed by atoms with Crippen molar-refractivity contribution in [1.82, 2.24) is 14.9 Å². The number of amides is 2. The lowest BCUT2D eigenvalue weighted by Crippen LogP contribution is -2.55. The summed E-state index contributed by atoms with van der Waals surface area (Å²) in [6, 6.07) is 1.49. The maximum Gasteiger partial charge on any atom is 0.252 e. The van der Waals surface area contributed by atoms with Gasteiger partial charge in [-0.2, -0.15) is 0 Å². The Morgan fingerprint density at radius 1 is 1.20 bits per heavy atom. The maximum atomic E-state index is 15.3. The number of rotatable bonds is 6. The van der Waals surface area contributed by atoms with Crippen LogP contribution in [0, 0.1) is 11.6 Å². The lowest BCUT2D eigenvalue weighted by Gasteiger charge is -2.36. The summed E-state index contributed by atoms with van der Waals surface area (Å²) in [4.78, 5) is 35.3. The monoisotopic (exact) mass is 490 g/mol. The molecule has 0 spiro atoms. The van der Waals surface area contributed by atoms with E-state index in [0.29, 0.717) is 45.8 Å². The summed E-state index contributed by atoms with van der Waals surface area (Å²) >= 11 is 0. The van der Waals surface area contributed by atoms with Crippen molar-refractivity contribution in [2.45, 2.75) is 25.4 Å². The molecule has 2 aliphatic heterocycles. The summed E-state index contributed by atoms with van der Waals surface area (Å²) in [6.45, 7) is 4.09. The number of nitrogens with zero attached hydrogens (tertiary/aromatic N) is 4. The van der Waals surface area contributed by atoms with E-state index in [9.17, 15) is 14.0 Å². The van der Waals surface area contributed by atoms with Crippen molar-refractivity contribution < 1.29 is 23.1 Å². The van der Waals surface area contributed by atoms with Gasteiger partial charge in [0.05, 0.1) is 24.5 Å². The van der Waals surface area contributed by atoms with E-state index in [1.54, 1.807) is 9.80 Å². The van der Waals surface area contributed by atoms with Crippen LogP contribution in [0.5, 0.6) is 0 Å². The van der Waals surface area contributed by atoms with Gasteiger partial charge in [-0.15, -0.1) is 0 Å². The molecule has 2 aromatic heterocycles. The topological polar surface area (TPSA) is 152 Å². The average molecular weight is 491 g/mol. The van der Waals surface area contributed by atoms with Gasteiger partial charge in [-0.1, -0.05) is 0 Å². The van der Waals surface area contributed by atoms with E-state index >= 15 is 4.39 Å². The van der Waals surface area contributed by atoms with Crippen LogP contribution in [0.1, 0.15) is 23.7 Å². The first-order valence-electron chi connectivity index (χ1n) is 11.3. The minimum absolute atomic E-state index is 0.000479. The number of piperidine rings is 1. The van der Waals surface area contributed by atoms with Crippen LogP contribution in [0.2, 0.25) is 0 Å². The van der Waals surface area contributed by atoms with Crippen molar-refractivity contribution >= 4 is 35.0 Å². The predicted molar refractivity (Wildman–Crippen MR) is 125 cm³/mol. The van der Waals surface area contributed by atoms with Crippen molar-refractivity contribution in [3.63, 3.8) is 0 Å². The largest absolute Gasteiger partial charge is 0.378 e. The number of likely N-dealkylation sites (tertiary alicyclic amines) is 1. The third-order valence-corrected chi connectivity index (χ3v) is 6.10. The molecule has 2 aromatic rings. The number of hydrogen-bond donors (Lipinski definition) is 4. The van der Waals surface area contributed by atoms with Gasteiger partial charge < -0.3 is 36.6 Å². The second-order valence-electron chi connectivity index (χ2n) is 8.47. The third-order valence-electron chi connectivity index (χ3n) is 6.10. The second-order valence-corrected chi connectivity index (χ2v) is 8.47. The first-order chi connectivity index (χ1) is 16.7. The predicted octanol–water partition coefficient (Wildman–Crippen LogP) is 0.794. The highest BCUT2D eigenvalue weighted by atomic mass is 19.1. The number of primary amides is 1. The molecule has 0 bridgehead atoms. The normalized spacial score (nSPS) is 20.5. The number of aromatic nitrogens is 2. The van der Waals surface area contributed by atoms with Gasteiger partial charge in [-0.25, -0.2) is 18.7 Å². The number of hydrogen-bond acceptors (Lipinski definition) is 9. The van der Waals surface area contributed by atoms with Crippen LogP contribution in [0.4, 0.5) is 31.9 Å². The molecule has 2 unspecified atom stereocenters. The highest BCUT2D eigenvalue weighted by Crippen LogP contribution is 2.29. The van der Waals surface area contributed by atoms with Gasteiger partial charge in [0.15, 0.2) is 23.3 Å². The fourth-order valence-electron chi connectivity index (χ4n) is 4.15. The van der Waals surface area contributed by atoms with Crippen molar-refractivity contribution in [2.24, 2.45) is 11.5 Å². The number of carbonyl (C=O) groups excluding carboxylic acids is 2. The number of nitrogens with two attached hydrogens (primary N) is 2. The number of anilines is 4. The molecule has 13 heteroatoms. The van der Waals surface area contributed by atoms with Gasteiger partial charge in [0.1, 0.15) is 5.82 Å². The van der Waals surface area contributed by atoms with E-state index in [-0.39, 0.29) is 40.7 Å². The molecule has 4 rings (SSSR count). The third kappa shape index (κ3) is 5.41. The summed E-state index contributed by atoms with van der Waals surface area (Å²) in [6.07, 6.45) is 1.90. The number of ether oxygens (including phenoxy) is 1. The molecule has 2 saturated heterocycles. The zero-order valence-corrected chi connectivity index (χ0v) is 19.3. The molecule has 0 aromatic carbocycles. The van der Waals surface area contributed by atoms with E-state index < -0.39 is 23.6 Å². The molecule has 35 heavy (non-hydrogen) atoms. The van der Waals surface area contributed by atoms with Crippen molar-refractivity contribution in [1.29, 1.82) is 0 Å². The Bertz CT molecular complexity index is 1110. The van der Waals surface area contributed by atoms with Crippen LogP contribution in [-0.2, 0) is 9.53 Å². The molecule has 2 amide bonds. The molecule has 0 radical (unpaired) electrons. The molecule has 0 aliphatic carbocycles. The molecular weight excluding hydrogens is 462 g/mol. The zero-order valence-electron chi connectivity index (χ0n) is 19.3. The van der Waals surface area contributed by atoms with Crippen LogP contribution >= 0.6 is 0 Å². The Kier molecular flexibility index (Phi) is 7.26. The van der Waals surface area contributed by atoms with E-state index in [1.807, 2.05) is 0 Å². The lowest BCUT2D eigenvalue weighted by molar-refractivity contribution is -0.130. The molecular formula is C22H28F2N8O3. The highest BCUT2D eigenvalue weighted by molar-refractivity contribution is 5.98. The fourth-order valence-corrected chi connectivity index (χ4v) is 4.15. The molecule has 2 aliphatic rings. The van der Waals surface area contributed by atoms with Gasteiger partial charge >= 0.3 is 0 Å². The lowest BCUT2D eigenvalue weighted by atomic mass is 10.00. The smallest absolute Gasteiger partial charge is 0.252 e. The van der Waals surface area contributed by atoms with Crippen molar-refractivity contribution in [3.05, 3.63) is 35.5 Å². The van der Waals surface area contributed by atoms with Gasteiger partial charge in [-0.05, 0) is 18.6 Å². The minimum atomic E-state index is -0.931. The van der Waals surface area contributed by atoms with E-state index in [4.69, 9.17) is 16.2 Å². The number of halogens is 2. The molecule has 0 saturated carbocycles. The summed E-state index contributed by atoms with van der Waals surface area (Å²) in [5.74, 6) is -2.64. The Balaban J connectivity index is 1.60. The standard InChI is InChI=1S/C22H28F2N8O3/c1-12(33)32-5-3-16(15(25)11-32)28-21-14(23)10-13(19(26)34)20(30-21)29-17-2-4-27-22(18(17)24)31-6-8-35-9-7-31/h2,4,10,15-16H,3,5-9,11,25H2,1H3,(H2,26,34)(H2,27,28,29,30). The van der Waals surface area contributed by atoms with Crippen molar-refractivity contribution in [2.75, 3.05) is 54.9 Å². The summed E-state index contributed by atoms with van der Waals surface area (Å²) in [5, 5.41) is 5.72. The van der Waals surface area contributed by atoms with Gasteiger partial charge in [0.25, 0.3) is 5.91 Å². The number of carbonyl (C=O) groups is 2. The Morgan fingerprint density at radius 3 is 2.60 bits per heavy atom. The van der Waals surface area contributed by atoms with Crippen LogP contribution in [-0.4, -0.2) is 78.2 Å². The van der Waals surface area contributed by atoms with Crippen LogP contribution < -0.4 is 27.0 Å². The van der Waals surface area contributed by atoms with E-state index in [1.165, 1.54) is 19.2 Å². The summed E-state index contributed by atoms with van der Waals surface area (Å²) in [5.41, 5.74) is 11.4. The SMILES string of the molecule is CC(=O)N1CCC(Nc2nc(Nc3ccnc(N4CCOCC4)c3F)c(C(N)=O)cc2F)C(N)C1. The average Bonchev–Trinajstić information content (AvgIpc) is 2.83. The molecule has 4 heterocycles. The van der Waals surface area contributed by atoms with E-state index in [2.05, 4.69) is 20.6 Å². The first kappa shape index (κ1) is 24.5. The highest BCUT2D eigenvalue weighted by Gasteiger charge is 2.29. The molecule has 2 atom stereocenters. The molecule has 6 N–H and O–H groups in total. The van der Waals surface area contributed by atoms with Gasteiger partial charge in [-0.3, -0.25) is 9.59 Å². The Labute approximate surface area is 200 Å². The summed E-state index contributed by atoms with van der Waals surface area (Å²) in [7, 11) is 0. The number of pyridine rings is 2. The molecule has 11 nitrogen and oxygen atoms in total. The zero-order chi connectivity index (χ0) is 25.1. The van der Waals surface area contributed by atoms with Crippen LogP contribution in [0.3, 0.4) is 0 Å². The Morgan fingerprint density at radius 2 is 1.94 bits per heavy atom. The minimum Gasteiger partial charge on any atom is -0.378 e. The summed E-state index contributed by atoms with van der Waals surface area (Å²) < 4.78 is 35.4. The van der Waals surface area contributed by atoms with Gasteiger partial charge in [0, 0.05) is 51.4 Å². The van der Waals surface area contributed by atoms with E-state index in [0.717, 1.165) is 6.07 Å². The van der Waals surface area contributed by atoms with Crippen LogP contribution in [0.15, 0.2) is 18.3 Å². The molecule has 2 fully saturated rings. The molecule has 188 valence electrons. The van der Waals surface area contributed by atoms with Crippen LogP contribution in [0.25, 0.3) is 0 Å². The first-order valence-corrected chi connectivity index (χ1v) is 11.3. The number of morpholine rings is 1. The quantitative estimate of drug-likeness (QED) is 0.461. The Hall–Kier alpha value is -3.58.